The first-order chi connectivity index (χ1) is 14.3. The first-order valence-electron chi connectivity index (χ1n) is 9.38. The Kier molecular flexibility index (Phi) is 4.50. The second-order valence-electron chi connectivity index (χ2n) is 6.83. The maximum absolute atomic E-state index is 4.92. The van der Waals surface area contributed by atoms with E-state index < -0.39 is 0 Å². The summed E-state index contributed by atoms with van der Waals surface area (Å²) in [5.41, 5.74) is 7.13. The quantitative estimate of drug-likeness (QED) is 0.381. The first kappa shape index (κ1) is 17.5. The predicted octanol–water partition coefficient (Wildman–Crippen LogP) is 5.91. The van der Waals surface area contributed by atoms with E-state index in [0.717, 1.165) is 38.6 Å². The molecular weight excluding hydrogens is 376 g/mol. The van der Waals surface area contributed by atoms with E-state index in [1.165, 1.54) is 5.56 Å². The number of hydrogen-bond acceptors (Lipinski definition) is 4. The third-order valence-corrected chi connectivity index (χ3v) is 5.62. The number of nitrogens with zero attached hydrogens (tertiary/aromatic N) is 4. The van der Waals surface area contributed by atoms with Gasteiger partial charge in [0.25, 0.3) is 0 Å². The van der Waals surface area contributed by atoms with Gasteiger partial charge in [0, 0.05) is 10.9 Å². The van der Waals surface area contributed by atoms with Crippen LogP contribution in [-0.2, 0) is 0 Å². The van der Waals surface area contributed by atoms with Gasteiger partial charge in [-0.1, -0.05) is 77.5 Å². The largest absolute Gasteiger partial charge is 0.234 e. The van der Waals surface area contributed by atoms with Gasteiger partial charge in [0.05, 0.1) is 11.2 Å². The Hall–Kier alpha value is -3.57. The van der Waals surface area contributed by atoms with Gasteiger partial charge in [0.1, 0.15) is 16.2 Å². The zero-order valence-corrected chi connectivity index (χ0v) is 16.7. The molecule has 0 saturated heterocycles. The number of aromatic nitrogens is 4. The summed E-state index contributed by atoms with van der Waals surface area (Å²) in [5.74, 6) is 0. The Morgan fingerprint density at radius 3 is 2.48 bits per heavy atom. The summed E-state index contributed by atoms with van der Waals surface area (Å²) in [6.45, 7) is 2.09. The lowest BCUT2D eigenvalue weighted by molar-refractivity contribution is 0.842. The zero-order chi connectivity index (χ0) is 19.6. The molecule has 0 aliphatic carbocycles. The molecule has 0 unspecified atom stereocenters. The lowest BCUT2D eigenvalue weighted by Gasteiger charge is -2.06. The minimum Gasteiger partial charge on any atom is -0.234 e. The van der Waals surface area contributed by atoms with Crippen molar-refractivity contribution in [2.75, 3.05) is 0 Å². The summed E-state index contributed by atoms with van der Waals surface area (Å²) in [5, 5.41) is 11.8. The van der Waals surface area contributed by atoms with E-state index in [4.69, 9.17) is 4.98 Å². The van der Waals surface area contributed by atoms with Crippen molar-refractivity contribution >= 4 is 34.1 Å². The highest BCUT2D eigenvalue weighted by molar-refractivity contribution is 7.11. The smallest absolute Gasteiger partial charge is 0.142 e. The Bertz CT molecular complexity index is 1300. The number of benzene rings is 3. The predicted molar refractivity (Wildman–Crippen MR) is 120 cm³/mol. The Morgan fingerprint density at radius 2 is 1.66 bits per heavy atom. The minimum atomic E-state index is 0.863. The molecule has 140 valence electrons. The van der Waals surface area contributed by atoms with Crippen LogP contribution in [-0.4, -0.2) is 20.0 Å². The van der Waals surface area contributed by atoms with Crippen LogP contribution in [0.25, 0.3) is 34.1 Å². The number of fused-ring (bicyclic) bond motifs is 1. The van der Waals surface area contributed by atoms with Crippen molar-refractivity contribution in [2.24, 2.45) is 0 Å². The second-order valence-corrected chi connectivity index (χ2v) is 7.69. The fraction of sp³-hybridized carbons (Fsp3) is 0.0417. The molecule has 0 N–H and O–H groups in total. The van der Waals surface area contributed by atoms with Gasteiger partial charge in [-0.05, 0) is 30.7 Å². The van der Waals surface area contributed by atoms with Crippen LogP contribution in [0.2, 0.25) is 0 Å². The average Bonchev–Trinajstić information content (AvgIpc) is 3.42. The molecule has 0 aliphatic rings. The van der Waals surface area contributed by atoms with Gasteiger partial charge in [0.15, 0.2) is 0 Å². The number of para-hydroxylation sites is 1. The van der Waals surface area contributed by atoms with Crippen molar-refractivity contribution in [3.63, 3.8) is 0 Å². The zero-order valence-electron chi connectivity index (χ0n) is 15.9. The molecule has 0 amide bonds. The molecule has 29 heavy (non-hydrogen) atoms. The third kappa shape index (κ3) is 3.48. The lowest BCUT2D eigenvalue weighted by atomic mass is 10.1. The van der Waals surface area contributed by atoms with E-state index in [1.807, 2.05) is 47.1 Å². The molecule has 0 fully saturated rings. The number of thiazole rings is 1. The van der Waals surface area contributed by atoms with Crippen LogP contribution in [0.3, 0.4) is 0 Å². The van der Waals surface area contributed by atoms with Crippen LogP contribution in [0.1, 0.15) is 16.1 Å². The topological polar surface area (TPSA) is 43.6 Å². The Labute approximate surface area is 172 Å². The van der Waals surface area contributed by atoms with Crippen LogP contribution >= 0.6 is 11.3 Å². The Balaban J connectivity index is 1.67. The molecule has 5 heteroatoms. The van der Waals surface area contributed by atoms with Crippen molar-refractivity contribution in [3.05, 3.63) is 100 Å². The Morgan fingerprint density at radius 1 is 0.897 bits per heavy atom. The normalized spacial score (nSPS) is 11.8. The molecule has 4 nitrogen and oxygen atoms in total. The highest BCUT2D eigenvalue weighted by atomic mass is 32.1. The highest BCUT2D eigenvalue weighted by Crippen LogP contribution is 2.29. The van der Waals surface area contributed by atoms with Crippen LogP contribution in [0.4, 0.5) is 0 Å². The molecule has 0 atom stereocenters. The molecule has 0 aliphatic heterocycles. The summed E-state index contributed by atoms with van der Waals surface area (Å²) in [6.07, 6.45) is 2.12. The van der Waals surface area contributed by atoms with Gasteiger partial charge in [-0.15, -0.1) is 16.4 Å². The highest BCUT2D eigenvalue weighted by Gasteiger charge is 2.15. The molecule has 3 aromatic carbocycles. The van der Waals surface area contributed by atoms with Gasteiger partial charge < -0.3 is 0 Å². The number of hydrogen-bond donors (Lipinski definition) is 0. The van der Waals surface area contributed by atoms with Crippen molar-refractivity contribution in [1.82, 2.24) is 20.0 Å². The molecule has 2 aromatic heterocycles. The average molecular weight is 395 g/mol. The summed E-state index contributed by atoms with van der Waals surface area (Å²) >= 11 is 1.61. The van der Waals surface area contributed by atoms with Crippen molar-refractivity contribution in [2.45, 2.75) is 6.92 Å². The van der Waals surface area contributed by atoms with Gasteiger partial charge >= 0.3 is 0 Å². The SMILES string of the molecule is Cc1ccc(C=C(c2nc(-c3ccccc3)cs2)n2nnc3ccccc32)cc1. The first-order valence-corrected chi connectivity index (χ1v) is 10.3. The van der Waals surface area contributed by atoms with Gasteiger partial charge in [-0.3, -0.25) is 0 Å². The molecular formula is C24H18N4S. The van der Waals surface area contributed by atoms with E-state index in [9.17, 15) is 0 Å². The lowest BCUT2D eigenvalue weighted by Crippen LogP contribution is -2.01. The number of rotatable bonds is 4. The van der Waals surface area contributed by atoms with Crippen molar-refractivity contribution < 1.29 is 0 Å². The monoisotopic (exact) mass is 394 g/mol. The van der Waals surface area contributed by atoms with E-state index in [2.05, 4.69) is 65.1 Å². The molecule has 5 aromatic rings. The van der Waals surface area contributed by atoms with E-state index in [-0.39, 0.29) is 0 Å². The van der Waals surface area contributed by atoms with Gasteiger partial charge in [0.2, 0.25) is 0 Å². The minimum absolute atomic E-state index is 0.863. The summed E-state index contributed by atoms with van der Waals surface area (Å²) in [6, 6.07) is 26.7. The maximum atomic E-state index is 4.92. The fourth-order valence-electron chi connectivity index (χ4n) is 3.21. The standard InChI is InChI=1S/C24H18N4S/c1-17-11-13-18(14-12-17)15-23(28-22-10-6-5-9-20(22)26-27-28)24-25-21(16-29-24)19-7-3-2-4-8-19/h2-16H,1H3. The van der Waals surface area contributed by atoms with E-state index in [0.29, 0.717) is 0 Å². The maximum Gasteiger partial charge on any atom is 0.142 e. The van der Waals surface area contributed by atoms with E-state index in [1.54, 1.807) is 11.3 Å². The van der Waals surface area contributed by atoms with Crippen LogP contribution < -0.4 is 0 Å². The molecule has 0 bridgehead atoms. The fourth-order valence-corrected chi connectivity index (χ4v) is 4.04. The molecule has 0 spiro atoms. The van der Waals surface area contributed by atoms with Crippen LogP contribution in [0.5, 0.6) is 0 Å². The number of aryl methyl sites for hydroxylation is 1. The summed E-state index contributed by atoms with van der Waals surface area (Å²) in [7, 11) is 0. The second kappa shape index (κ2) is 7.45. The molecule has 5 rings (SSSR count). The van der Waals surface area contributed by atoms with Crippen LogP contribution in [0.15, 0.2) is 84.2 Å². The third-order valence-electron chi connectivity index (χ3n) is 4.75. The van der Waals surface area contributed by atoms with Gasteiger partial charge in [-0.25, -0.2) is 9.67 Å². The van der Waals surface area contributed by atoms with Crippen molar-refractivity contribution in [1.29, 1.82) is 0 Å². The van der Waals surface area contributed by atoms with Crippen LogP contribution in [0, 0.1) is 6.92 Å². The molecule has 0 radical (unpaired) electrons. The molecule has 0 saturated carbocycles. The van der Waals surface area contributed by atoms with Crippen molar-refractivity contribution in [3.8, 4) is 11.3 Å². The van der Waals surface area contributed by atoms with E-state index >= 15 is 0 Å². The van der Waals surface area contributed by atoms with Gasteiger partial charge in [-0.2, -0.15) is 0 Å². The summed E-state index contributed by atoms with van der Waals surface area (Å²) < 4.78 is 1.88. The molecule has 2 heterocycles. The summed E-state index contributed by atoms with van der Waals surface area (Å²) in [4.78, 5) is 4.92.